The van der Waals surface area contributed by atoms with E-state index in [2.05, 4.69) is 15.9 Å². The van der Waals surface area contributed by atoms with Crippen LogP contribution in [0.5, 0.6) is 0 Å². The number of nitrogens with two attached hydrogens (primary N) is 1. The van der Waals surface area contributed by atoms with Gasteiger partial charge < -0.3 is 5.73 Å². The van der Waals surface area contributed by atoms with E-state index in [1.807, 2.05) is 24.3 Å². The Hall–Kier alpha value is -1.40. The lowest BCUT2D eigenvalue weighted by Crippen LogP contribution is -2.16. The van der Waals surface area contributed by atoms with Crippen molar-refractivity contribution in [2.75, 3.05) is 0 Å². The van der Waals surface area contributed by atoms with Crippen molar-refractivity contribution in [3.63, 3.8) is 0 Å². The Balaban J connectivity index is 2.25. The molecule has 0 heterocycles. The van der Waals surface area contributed by atoms with Gasteiger partial charge in [0.05, 0.1) is 5.56 Å². The molecule has 2 aromatic rings. The van der Waals surface area contributed by atoms with Crippen LogP contribution in [0.25, 0.3) is 0 Å². The Morgan fingerprint density at radius 3 is 2.43 bits per heavy atom. The standard InChI is InChI=1S/C15H12BrF4N/c16-11-3-1-2-9(6-11)7-14(21)10-4-5-13(17)12(8-10)15(18,19)20/h1-6,8,14H,7,21H2. The molecule has 0 aliphatic rings. The molecule has 21 heavy (non-hydrogen) atoms. The minimum atomic E-state index is -4.73. The van der Waals surface area contributed by atoms with Gasteiger partial charge in [-0.3, -0.25) is 0 Å². The van der Waals surface area contributed by atoms with E-state index >= 15 is 0 Å². The summed E-state index contributed by atoms with van der Waals surface area (Å²) < 4.78 is 52.2. The summed E-state index contributed by atoms with van der Waals surface area (Å²) in [6.45, 7) is 0. The van der Waals surface area contributed by atoms with E-state index < -0.39 is 23.6 Å². The van der Waals surface area contributed by atoms with Crippen LogP contribution in [0.2, 0.25) is 0 Å². The van der Waals surface area contributed by atoms with E-state index in [1.54, 1.807) is 0 Å². The molecule has 0 radical (unpaired) electrons. The zero-order chi connectivity index (χ0) is 15.6. The maximum Gasteiger partial charge on any atom is 0.419 e. The third-order valence-electron chi connectivity index (χ3n) is 3.07. The van der Waals surface area contributed by atoms with Gasteiger partial charge in [0.2, 0.25) is 0 Å². The largest absolute Gasteiger partial charge is 0.419 e. The van der Waals surface area contributed by atoms with Crippen molar-refractivity contribution in [1.82, 2.24) is 0 Å². The second kappa shape index (κ2) is 6.15. The maximum absolute atomic E-state index is 13.2. The highest BCUT2D eigenvalue weighted by Crippen LogP contribution is 2.33. The maximum atomic E-state index is 13.2. The molecule has 0 amide bonds. The molecule has 0 saturated heterocycles. The second-order valence-corrected chi connectivity index (χ2v) is 5.59. The molecule has 0 aliphatic heterocycles. The van der Waals surface area contributed by atoms with Crippen molar-refractivity contribution in [2.45, 2.75) is 18.6 Å². The first-order chi connectivity index (χ1) is 9.77. The van der Waals surface area contributed by atoms with Crippen molar-refractivity contribution in [3.8, 4) is 0 Å². The summed E-state index contributed by atoms with van der Waals surface area (Å²) in [5, 5.41) is 0. The van der Waals surface area contributed by atoms with Crippen LogP contribution in [0, 0.1) is 5.82 Å². The minimum absolute atomic E-state index is 0.253. The Kier molecular flexibility index (Phi) is 4.68. The van der Waals surface area contributed by atoms with Crippen LogP contribution in [0.15, 0.2) is 46.9 Å². The van der Waals surface area contributed by atoms with Gasteiger partial charge in [0.15, 0.2) is 0 Å². The number of hydrogen-bond acceptors (Lipinski definition) is 1. The molecule has 2 aromatic carbocycles. The van der Waals surface area contributed by atoms with Gasteiger partial charge in [0.25, 0.3) is 0 Å². The van der Waals surface area contributed by atoms with Gasteiger partial charge >= 0.3 is 6.18 Å². The van der Waals surface area contributed by atoms with E-state index in [9.17, 15) is 17.6 Å². The molecular weight excluding hydrogens is 350 g/mol. The number of rotatable bonds is 3. The number of hydrogen-bond donors (Lipinski definition) is 1. The van der Waals surface area contributed by atoms with Crippen molar-refractivity contribution in [1.29, 1.82) is 0 Å². The van der Waals surface area contributed by atoms with Gasteiger partial charge in [-0.15, -0.1) is 0 Å². The molecule has 0 bridgehead atoms. The highest BCUT2D eigenvalue weighted by Gasteiger charge is 2.34. The molecule has 112 valence electrons. The molecule has 1 unspecified atom stereocenters. The van der Waals surface area contributed by atoms with Crippen LogP contribution in [-0.2, 0) is 12.6 Å². The summed E-state index contributed by atoms with van der Waals surface area (Å²) in [4.78, 5) is 0. The average molecular weight is 362 g/mol. The van der Waals surface area contributed by atoms with E-state index in [0.717, 1.165) is 22.2 Å². The summed E-state index contributed by atoms with van der Waals surface area (Å²) in [5.41, 5.74) is 5.78. The van der Waals surface area contributed by atoms with Crippen LogP contribution >= 0.6 is 15.9 Å². The van der Waals surface area contributed by atoms with Gasteiger partial charge in [0.1, 0.15) is 5.82 Å². The van der Waals surface area contributed by atoms with E-state index in [-0.39, 0.29) is 5.56 Å². The number of benzene rings is 2. The fourth-order valence-electron chi connectivity index (χ4n) is 2.03. The molecular formula is C15H12BrF4N. The minimum Gasteiger partial charge on any atom is -0.324 e. The zero-order valence-corrected chi connectivity index (χ0v) is 12.4. The predicted molar refractivity (Wildman–Crippen MR) is 76.2 cm³/mol. The summed E-state index contributed by atoms with van der Waals surface area (Å²) in [5.74, 6) is -1.29. The van der Waals surface area contributed by atoms with Crippen LogP contribution in [0.3, 0.4) is 0 Å². The smallest absolute Gasteiger partial charge is 0.324 e. The van der Waals surface area contributed by atoms with Crippen LogP contribution in [-0.4, -0.2) is 0 Å². The lowest BCUT2D eigenvalue weighted by atomic mass is 9.98. The van der Waals surface area contributed by atoms with Gasteiger partial charge in [-0.25, -0.2) is 4.39 Å². The molecule has 1 nitrogen and oxygen atoms in total. The van der Waals surface area contributed by atoms with Gasteiger partial charge in [-0.1, -0.05) is 34.1 Å². The monoisotopic (exact) mass is 361 g/mol. The molecule has 2 rings (SSSR count). The molecule has 1 atom stereocenters. The molecule has 0 fully saturated rings. The Morgan fingerprint density at radius 1 is 1.10 bits per heavy atom. The normalized spacial score (nSPS) is 13.2. The van der Waals surface area contributed by atoms with Crippen molar-refractivity contribution < 1.29 is 17.6 Å². The van der Waals surface area contributed by atoms with Crippen molar-refractivity contribution in [3.05, 3.63) is 69.4 Å². The quantitative estimate of drug-likeness (QED) is 0.777. The third-order valence-corrected chi connectivity index (χ3v) is 3.56. The molecule has 6 heteroatoms. The van der Waals surface area contributed by atoms with Crippen LogP contribution < -0.4 is 5.73 Å². The summed E-state index contributed by atoms with van der Waals surface area (Å²) >= 11 is 3.32. The fourth-order valence-corrected chi connectivity index (χ4v) is 2.47. The Labute approximate surface area is 127 Å². The Bertz CT molecular complexity index is 640. The SMILES string of the molecule is NC(Cc1cccc(Br)c1)c1ccc(F)c(C(F)(F)F)c1. The summed E-state index contributed by atoms with van der Waals surface area (Å²) in [6, 6.07) is 9.56. The molecule has 0 aromatic heterocycles. The lowest BCUT2D eigenvalue weighted by molar-refractivity contribution is -0.140. The lowest BCUT2D eigenvalue weighted by Gasteiger charge is -2.15. The Morgan fingerprint density at radius 2 is 1.81 bits per heavy atom. The average Bonchev–Trinajstić information content (AvgIpc) is 2.37. The van der Waals surface area contributed by atoms with E-state index in [0.29, 0.717) is 6.42 Å². The topological polar surface area (TPSA) is 26.0 Å². The summed E-state index contributed by atoms with van der Waals surface area (Å²) in [6.07, 6.45) is -4.36. The first kappa shape index (κ1) is 16.0. The third kappa shape index (κ3) is 4.04. The number of alkyl halides is 3. The molecule has 0 spiro atoms. The van der Waals surface area contributed by atoms with E-state index in [4.69, 9.17) is 5.73 Å². The van der Waals surface area contributed by atoms with Gasteiger partial charge in [-0.05, 0) is 41.8 Å². The zero-order valence-electron chi connectivity index (χ0n) is 10.8. The number of halogens is 5. The first-order valence-electron chi connectivity index (χ1n) is 6.14. The van der Waals surface area contributed by atoms with Crippen molar-refractivity contribution in [2.24, 2.45) is 5.73 Å². The first-order valence-corrected chi connectivity index (χ1v) is 6.93. The molecule has 2 N–H and O–H groups in total. The fraction of sp³-hybridized carbons (Fsp3) is 0.200. The highest BCUT2D eigenvalue weighted by atomic mass is 79.9. The van der Waals surface area contributed by atoms with Gasteiger partial charge in [-0.2, -0.15) is 13.2 Å². The van der Waals surface area contributed by atoms with Crippen LogP contribution in [0.1, 0.15) is 22.7 Å². The van der Waals surface area contributed by atoms with E-state index in [1.165, 1.54) is 6.07 Å². The molecule has 0 saturated carbocycles. The van der Waals surface area contributed by atoms with Gasteiger partial charge in [0, 0.05) is 10.5 Å². The predicted octanol–water partition coefficient (Wildman–Crippen LogP) is 4.85. The second-order valence-electron chi connectivity index (χ2n) is 4.68. The van der Waals surface area contributed by atoms with Crippen molar-refractivity contribution >= 4 is 15.9 Å². The molecule has 0 aliphatic carbocycles. The highest BCUT2D eigenvalue weighted by molar-refractivity contribution is 9.10. The summed E-state index contributed by atoms with van der Waals surface area (Å²) in [7, 11) is 0. The van der Waals surface area contributed by atoms with Crippen LogP contribution in [0.4, 0.5) is 17.6 Å².